The Morgan fingerprint density at radius 2 is 1.93 bits per heavy atom. The maximum atomic E-state index is 13.0. The third-order valence-electron chi connectivity index (χ3n) is 4.62. The Morgan fingerprint density at radius 3 is 2.63 bits per heavy atom. The molecule has 7 heteroatoms. The molecule has 3 aromatic rings. The van der Waals surface area contributed by atoms with Crippen LogP contribution in [0, 0.1) is 5.82 Å². The van der Waals surface area contributed by atoms with Crippen LogP contribution in [-0.4, -0.2) is 34.1 Å². The van der Waals surface area contributed by atoms with Gasteiger partial charge in [-0.15, -0.1) is 10.2 Å². The standard InChI is InChI=1S/C20H18FN3O3/c21-16-5-3-14(4-6-16)19-22-23-20(27-19)15-9-11-24(12-10-15)18(25)8-7-17-2-1-13-26-17/h1-8,13,15H,9-12H2/b8-7+. The molecule has 1 aliphatic rings. The van der Waals surface area contributed by atoms with E-state index in [9.17, 15) is 9.18 Å². The van der Waals surface area contributed by atoms with Gasteiger partial charge in [-0.1, -0.05) is 0 Å². The van der Waals surface area contributed by atoms with Crippen molar-refractivity contribution in [3.05, 3.63) is 66.2 Å². The molecule has 2 aromatic heterocycles. The van der Waals surface area contributed by atoms with Crippen molar-refractivity contribution in [3.63, 3.8) is 0 Å². The van der Waals surface area contributed by atoms with Crippen LogP contribution in [0.3, 0.4) is 0 Å². The normalized spacial score (nSPS) is 15.5. The monoisotopic (exact) mass is 367 g/mol. The van der Waals surface area contributed by atoms with Crippen LogP contribution >= 0.6 is 0 Å². The van der Waals surface area contributed by atoms with Crippen LogP contribution in [0.2, 0.25) is 0 Å². The topological polar surface area (TPSA) is 72.4 Å². The SMILES string of the molecule is O=C(/C=C/c1ccco1)N1CCC(c2nnc(-c3ccc(F)cc3)o2)CC1. The molecule has 6 nitrogen and oxygen atoms in total. The van der Waals surface area contributed by atoms with Gasteiger partial charge in [-0.3, -0.25) is 4.79 Å². The molecule has 0 saturated carbocycles. The van der Waals surface area contributed by atoms with E-state index >= 15 is 0 Å². The molecule has 138 valence electrons. The minimum Gasteiger partial charge on any atom is -0.465 e. The number of amides is 1. The molecule has 1 fully saturated rings. The van der Waals surface area contributed by atoms with Crippen molar-refractivity contribution in [2.24, 2.45) is 0 Å². The number of hydrogen-bond acceptors (Lipinski definition) is 5. The number of piperidine rings is 1. The van der Waals surface area contributed by atoms with Crippen molar-refractivity contribution in [1.82, 2.24) is 15.1 Å². The average molecular weight is 367 g/mol. The molecular formula is C20H18FN3O3. The van der Waals surface area contributed by atoms with E-state index < -0.39 is 0 Å². The van der Waals surface area contributed by atoms with Crippen molar-refractivity contribution in [3.8, 4) is 11.5 Å². The van der Waals surface area contributed by atoms with Gasteiger partial charge in [0.2, 0.25) is 17.7 Å². The molecule has 3 heterocycles. The van der Waals surface area contributed by atoms with E-state index in [0.29, 0.717) is 36.2 Å². The van der Waals surface area contributed by atoms with Crippen LogP contribution in [-0.2, 0) is 4.79 Å². The second-order valence-electron chi connectivity index (χ2n) is 6.40. The fraction of sp³-hybridized carbons (Fsp3) is 0.250. The van der Waals surface area contributed by atoms with Crippen LogP contribution in [0.5, 0.6) is 0 Å². The highest BCUT2D eigenvalue weighted by Crippen LogP contribution is 2.29. The molecule has 27 heavy (non-hydrogen) atoms. The summed E-state index contributed by atoms with van der Waals surface area (Å²) >= 11 is 0. The molecule has 0 unspecified atom stereocenters. The number of carbonyl (C=O) groups excluding carboxylic acids is 1. The predicted molar refractivity (Wildman–Crippen MR) is 96.0 cm³/mol. The minimum absolute atomic E-state index is 0.0395. The van der Waals surface area contributed by atoms with Gasteiger partial charge in [-0.2, -0.15) is 0 Å². The van der Waals surface area contributed by atoms with Gasteiger partial charge < -0.3 is 13.7 Å². The average Bonchev–Trinajstić information content (AvgIpc) is 3.39. The van der Waals surface area contributed by atoms with E-state index in [-0.39, 0.29) is 17.6 Å². The van der Waals surface area contributed by atoms with Crippen LogP contribution in [0.25, 0.3) is 17.5 Å². The molecular weight excluding hydrogens is 349 g/mol. The van der Waals surface area contributed by atoms with Crippen LogP contribution in [0.4, 0.5) is 4.39 Å². The van der Waals surface area contributed by atoms with Gasteiger partial charge in [0.05, 0.1) is 6.26 Å². The largest absolute Gasteiger partial charge is 0.465 e. The first-order valence-corrected chi connectivity index (χ1v) is 8.79. The highest BCUT2D eigenvalue weighted by Gasteiger charge is 2.26. The number of aromatic nitrogens is 2. The Bertz CT molecular complexity index is 924. The number of nitrogens with zero attached hydrogens (tertiary/aromatic N) is 3. The summed E-state index contributed by atoms with van der Waals surface area (Å²) in [7, 11) is 0. The summed E-state index contributed by atoms with van der Waals surface area (Å²) < 4.78 is 24.0. The number of carbonyl (C=O) groups is 1. The van der Waals surface area contributed by atoms with Crippen molar-refractivity contribution in [2.45, 2.75) is 18.8 Å². The fourth-order valence-electron chi connectivity index (χ4n) is 3.10. The van der Waals surface area contributed by atoms with Crippen LogP contribution < -0.4 is 0 Å². The Morgan fingerprint density at radius 1 is 1.15 bits per heavy atom. The Labute approximate surface area is 155 Å². The molecule has 0 bridgehead atoms. The lowest BCUT2D eigenvalue weighted by Crippen LogP contribution is -2.36. The maximum absolute atomic E-state index is 13.0. The third-order valence-corrected chi connectivity index (χ3v) is 4.62. The molecule has 0 N–H and O–H groups in total. The first kappa shape index (κ1) is 17.2. The molecule has 1 aliphatic heterocycles. The second-order valence-corrected chi connectivity index (χ2v) is 6.40. The fourth-order valence-corrected chi connectivity index (χ4v) is 3.10. The first-order valence-electron chi connectivity index (χ1n) is 8.79. The van der Waals surface area contributed by atoms with Gasteiger partial charge in [0.1, 0.15) is 11.6 Å². The van der Waals surface area contributed by atoms with Gasteiger partial charge in [0.25, 0.3) is 0 Å². The van der Waals surface area contributed by atoms with Gasteiger partial charge in [-0.25, -0.2) is 4.39 Å². The minimum atomic E-state index is -0.309. The lowest BCUT2D eigenvalue weighted by Gasteiger charge is -2.29. The zero-order valence-electron chi connectivity index (χ0n) is 14.5. The molecule has 4 rings (SSSR count). The Balaban J connectivity index is 1.35. The molecule has 0 spiro atoms. The van der Waals surface area contributed by atoms with Gasteiger partial charge in [0.15, 0.2) is 0 Å². The Kier molecular flexibility index (Phi) is 4.82. The molecule has 1 aromatic carbocycles. The second kappa shape index (κ2) is 7.57. The van der Waals surface area contributed by atoms with Gasteiger partial charge in [-0.05, 0) is 55.3 Å². The number of likely N-dealkylation sites (tertiary alicyclic amines) is 1. The van der Waals surface area contributed by atoms with Crippen molar-refractivity contribution < 1.29 is 18.0 Å². The first-order chi connectivity index (χ1) is 13.2. The molecule has 1 amide bonds. The summed E-state index contributed by atoms with van der Waals surface area (Å²) in [6.07, 6.45) is 6.27. The van der Waals surface area contributed by atoms with E-state index in [4.69, 9.17) is 8.83 Å². The van der Waals surface area contributed by atoms with Crippen molar-refractivity contribution >= 4 is 12.0 Å². The predicted octanol–water partition coefficient (Wildman–Crippen LogP) is 3.89. The van der Waals surface area contributed by atoms with E-state index in [1.807, 2.05) is 0 Å². The van der Waals surface area contributed by atoms with E-state index in [1.165, 1.54) is 18.2 Å². The lowest BCUT2D eigenvalue weighted by molar-refractivity contribution is -0.127. The molecule has 1 saturated heterocycles. The van der Waals surface area contributed by atoms with Crippen LogP contribution in [0.15, 0.2) is 57.6 Å². The number of benzene rings is 1. The highest BCUT2D eigenvalue weighted by atomic mass is 19.1. The molecule has 0 aliphatic carbocycles. The smallest absolute Gasteiger partial charge is 0.247 e. The summed E-state index contributed by atoms with van der Waals surface area (Å²) in [5.74, 6) is 1.36. The maximum Gasteiger partial charge on any atom is 0.247 e. The number of rotatable bonds is 4. The summed E-state index contributed by atoms with van der Waals surface area (Å²) in [6.45, 7) is 1.25. The zero-order valence-corrected chi connectivity index (χ0v) is 14.5. The number of furan rings is 1. The molecule has 0 radical (unpaired) electrons. The summed E-state index contributed by atoms with van der Waals surface area (Å²) in [4.78, 5) is 14.1. The van der Waals surface area contributed by atoms with Gasteiger partial charge >= 0.3 is 0 Å². The van der Waals surface area contributed by atoms with E-state index in [1.54, 1.807) is 41.5 Å². The third kappa shape index (κ3) is 3.97. The summed E-state index contributed by atoms with van der Waals surface area (Å²) in [5.41, 5.74) is 0.686. The summed E-state index contributed by atoms with van der Waals surface area (Å²) in [6, 6.07) is 9.52. The van der Waals surface area contributed by atoms with E-state index in [0.717, 1.165) is 12.8 Å². The van der Waals surface area contributed by atoms with Crippen molar-refractivity contribution in [1.29, 1.82) is 0 Å². The summed E-state index contributed by atoms with van der Waals surface area (Å²) in [5, 5.41) is 8.20. The van der Waals surface area contributed by atoms with Crippen molar-refractivity contribution in [2.75, 3.05) is 13.1 Å². The van der Waals surface area contributed by atoms with E-state index in [2.05, 4.69) is 10.2 Å². The van der Waals surface area contributed by atoms with Crippen LogP contribution in [0.1, 0.15) is 30.4 Å². The number of halogens is 1. The quantitative estimate of drug-likeness (QED) is 0.654. The number of hydrogen-bond donors (Lipinski definition) is 0. The highest BCUT2D eigenvalue weighted by molar-refractivity contribution is 5.91. The Hall–Kier alpha value is -3.22. The molecule has 0 atom stereocenters. The van der Waals surface area contributed by atoms with Gasteiger partial charge in [0, 0.05) is 30.6 Å². The zero-order chi connectivity index (χ0) is 18.6. The lowest BCUT2D eigenvalue weighted by atomic mass is 9.97.